The number of hydrogen-bond acceptors (Lipinski definition) is 3. The minimum absolute atomic E-state index is 0.854. The van der Waals surface area contributed by atoms with Crippen molar-refractivity contribution in [2.45, 2.75) is 0 Å². The number of rotatable bonds is 3. The molecule has 0 fully saturated rings. The zero-order chi connectivity index (χ0) is 27.6. The summed E-state index contributed by atoms with van der Waals surface area (Å²) in [4.78, 5) is 14.7. The molecule has 0 aliphatic heterocycles. The van der Waals surface area contributed by atoms with Crippen LogP contribution in [0.15, 0.2) is 140 Å². The second kappa shape index (κ2) is 8.85. The number of benzene rings is 4. The van der Waals surface area contributed by atoms with Gasteiger partial charge in [0.2, 0.25) is 0 Å². The van der Waals surface area contributed by atoms with Gasteiger partial charge in [-0.05, 0) is 70.4 Å². The number of aromatic nitrogens is 5. The van der Waals surface area contributed by atoms with Gasteiger partial charge in [-0.15, -0.1) is 0 Å². The lowest BCUT2D eigenvalue weighted by Crippen LogP contribution is -1.95. The molecule has 0 N–H and O–H groups in total. The molecule has 42 heavy (non-hydrogen) atoms. The van der Waals surface area contributed by atoms with Crippen LogP contribution < -0.4 is 0 Å². The van der Waals surface area contributed by atoms with Gasteiger partial charge in [-0.1, -0.05) is 78.9 Å². The molecule has 5 aromatic heterocycles. The molecule has 0 aliphatic rings. The van der Waals surface area contributed by atoms with Crippen LogP contribution in [0.4, 0.5) is 0 Å². The summed E-state index contributed by atoms with van der Waals surface area (Å²) in [5, 5.41) is 3.53. The molecule has 4 aromatic carbocycles. The quantitative estimate of drug-likeness (QED) is 0.226. The van der Waals surface area contributed by atoms with Crippen LogP contribution in [0.3, 0.4) is 0 Å². The van der Waals surface area contributed by atoms with Crippen LogP contribution in [0.1, 0.15) is 0 Å². The maximum atomic E-state index is 5.03. The highest BCUT2D eigenvalue weighted by Gasteiger charge is 2.21. The summed E-state index contributed by atoms with van der Waals surface area (Å²) in [7, 11) is 0. The number of para-hydroxylation sites is 3. The van der Waals surface area contributed by atoms with Crippen molar-refractivity contribution in [3.63, 3.8) is 0 Å². The lowest BCUT2D eigenvalue weighted by molar-refractivity contribution is 1.19. The number of imidazole rings is 2. The highest BCUT2D eigenvalue weighted by molar-refractivity contribution is 6.11. The highest BCUT2D eigenvalue weighted by atomic mass is 15.0. The van der Waals surface area contributed by atoms with E-state index in [1.165, 1.54) is 21.9 Å². The molecule has 5 heteroatoms. The molecule has 0 atom stereocenters. The fourth-order valence-corrected chi connectivity index (χ4v) is 6.40. The van der Waals surface area contributed by atoms with Crippen LogP contribution in [-0.2, 0) is 0 Å². The number of pyridine rings is 3. The summed E-state index contributed by atoms with van der Waals surface area (Å²) >= 11 is 0. The van der Waals surface area contributed by atoms with Gasteiger partial charge in [0.05, 0.1) is 27.9 Å². The largest absolute Gasteiger partial charge is 0.299 e. The third kappa shape index (κ3) is 3.28. The van der Waals surface area contributed by atoms with E-state index in [-0.39, 0.29) is 0 Å². The Morgan fingerprint density at radius 3 is 2.07 bits per heavy atom. The van der Waals surface area contributed by atoms with Gasteiger partial charge in [0, 0.05) is 23.3 Å². The van der Waals surface area contributed by atoms with Crippen LogP contribution in [0.25, 0.3) is 77.8 Å². The second-order valence-corrected chi connectivity index (χ2v) is 10.5. The Bertz CT molecular complexity index is 2470. The molecular formula is C37H23N5. The van der Waals surface area contributed by atoms with Gasteiger partial charge in [0.25, 0.3) is 0 Å². The number of hydrogen-bond donors (Lipinski definition) is 0. The molecule has 0 spiro atoms. The summed E-state index contributed by atoms with van der Waals surface area (Å²) in [6, 6.07) is 44.4. The minimum Gasteiger partial charge on any atom is -0.299 e. The van der Waals surface area contributed by atoms with Crippen molar-refractivity contribution in [3.05, 3.63) is 140 Å². The van der Waals surface area contributed by atoms with Gasteiger partial charge in [-0.2, -0.15) is 0 Å². The lowest BCUT2D eigenvalue weighted by Gasteiger charge is -2.15. The Balaban J connectivity index is 1.36. The van der Waals surface area contributed by atoms with E-state index in [0.29, 0.717) is 0 Å². The van der Waals surface area contributed by atoms with Gasteiger partial charge in [0.15, 0.2) is 0 Å². The van der Waals surface area contributed by atoms with E-state index in [2.05, 4.69) is 105 Å². The van der Waals surface area contributed by atoms with Crippen LogP contribution in [0.2, 0.25) is 0 Å². The molecule has 196 valence electrons. The normalized spacial score (nSPS) is 11.8. The lowest BCUT2D eigenvalue weighted by atomic mass is 9.91. The Morgan fingerprint density at radius 2 is 1.21 bits per heavy atom. The predicted octanol–water partition coefficient (Wildman–Crippen LogP) is 8.84. The zero-order valence-corrected chi connectivity index (χ0v) is 22.5. The Hall–Kier alpha value is -5.81. The summed E-state index contributed by atoms with van der Waals surface area (Å²) in [5.41, 5.74) is 11.3. The summed E-state index contributed by atoms with van der Waals surface area (Å²) in [6.07, 6.45) is 3.90. The molecule has 0 saturated heterocycles. The fraction of sp³-hybridized carbons (Fsp3) is 0. The third-order valence-electron chi connectivity index (χ3n) is 8.20. The number of fused-ring (bicyclic) bond motifs is 7. The molecule has 0 bridgehead atoms. The van der Waals surface area contributed by atoms with Crippen LogP contribution in [-0.4, -0.2) is 23.8 Å². The molecule has 9 rings (SSSR count). The van der Waals surface area contributed by atoms with Crippen LogP contribution in [0, 0.1) is 0 Å². The molecule has 0 unspecified atom stereocenters. The Kier molecular flexibility index (Phi) is 4.83. The van der Waals surface area contributed by atoms with Gasteiger partial charge in [-0.25, -0.2) is 9.97 Å². The summed E-state index contributed by atoms with van der Waals surface area (Å²) < 4.78 is 4.44. The van der Waals surface area contributed by atoms with E-state index >= 15 is 0 Å². The maximum Gasteiger partial charge on any atom is 0.139 e. The molecule has 0 saturated carbocycles. The number of nitrogens with zero attached hydrogens (tertiary/aromatic N) is 5. The smallest absolute Gasteiger partial charge is 0.139 e. The fourth-order valence-electron chi connectivity index (χ4n) is 6.40. The molecule has 5 nitrogen and oxygen atoms in total. The van der Waals surface area contributed by atoms with Crippen molar-refractivity contribution in [2.75, 3.05) is 0 Å². The average Bonchev–Trinajstić information content (AvgIpc) is 3.63. The van der Waals surface area contributed by atoms with Crippen LogP contribution in [0.5, 0.6) is 0 Å². The van der Waals surface area contributed by atoms with E-state index in [1.807, 2.05) is 48.7 Å². The monoisotopic (exact) mass is 537 g/mol. The standard InChI is InChI=1S/C37H23N5/c1-2-12-25-24(11-1)26(29-23-35-39-30-14-4-6-17-33(30)42(35)32-16-5-3-13-27(29)32)19-20-28(25)37-36(31-15-7-9-21-38-31)40-34-18-8-10-22-41(34)37/h1-23H. The van der Waals surface area contributed by atoms with Gasteiger partial charge >= 0.3 is 0 Å². The molecule has 0 amide bonds. The Labute approximate surface area is 241 Å². The van der Waals surface area contributed by atoms with E-state index in [9.17, 15) is 0 Å². The minimum atomic E-state index is 0.854. The average molecular weight is 538 g/mol. The predicted molar refractivity (Wildman–Crippen MR) is 171 cm³/mol. The van der Waals surface area contributed by atoms with E-state index in [1.54, 1.807) is 0 Å². The molecule has 5 heterocycles. The van der Waals surface area contributed by atoms with Crippen molar-refractivity contribution >= 4 is 44.0 Å². The van der Waals surface area contributed by atoms with Crippen LogP contribution >= 0.6 is 0 Å². The van der Waals surface area contributed by atoms with Gasteiger partial charge in [0.1, 0.15) is 17.0 Å². The second-order valence-electron chi connectivity index (χ2n) is 10.5. The highest BCUT2D eigenvalue weighted by Crippen LogP contribution is 2.42. The molecule has 0 aliphatic carbocycles. The first kappa shape index (κ1) is 22.9. The molecular weight excluding hydrogens is 514 g/mol. The van der Waals surface area contributed by atoms with E-state index in [4.69, 9.17) is 9.97 Å². The van der Waals surface area contributed by atoms with Crippen molar-refractivity contribution in [1.82, 2.24) is 23.8 Å². The van der Waals surface area contributed by atoms with Crippen molar-refractivity contribution in [1.29, 1.82) is 0 Å². The van der Waals surface area contributed by atoms with Crippen molar-refractivity contribution in [3.8, 4) is 33.8 Å². The topological polar surface area (TPSA) is 47.5 Å². The third-order valence-corrected chi connectivity index (χ3v) is 8.20. The first-order valence-electron chi connectivity index (χ1n) is 14.0. The SMILES string of the molecule is c1ccc(-c2nc3ccccn3c2-c2ccc(-c3cc4nc5ccccc5n4c4ccccc34)c3ccccc23)nc1. The van der Waals surface area contributed by atoms with Gasteiger partial charge < -0.3 is 0 Å². The Morgan fingerprint density at radius 1 is 0.500 bits per heavy atom. The summed E-state index contributed by atoms with van der Waals surface area (Å²) in [6.45, 7) is 0. The van der Waals surface area contributed by atoms with E-state index in [0.717, 1.165) is 55.9 Å². The maximum absolute atomic E-state index is 5.03. The zero-order valence-electron chi connectivity index (χ0n) is 22.5. The van der Waals surface area contributed by atoms with Crippen molar-refractivity contribution < 1.29 is 0 Å². The van der Waals surface area contributed by atoms with Gasteiger partial charge in [-0.3, -0.25) is 13.8 Å². The summed E-state index contributed by atoms with van der Waals surface area (Å²) in [5.74, 6) is 0. The molecule has 0 radical (unpaired) electrons. The van der Waals surface area contributed by atoms with E-state index < -0.39 is 0 Å². The molecule has 9 aromatic rings. The first-order valence-corrected chi connectivity index (χ1v) is 14.0. The van der Waals surface area contributed by atoms with Crippen molar-refractivity contribution in [2.24, 2.45) is 0 Å². The first-order chi connectivity index (χ1) is 20.8.